The molecule has 0 aliphatic carbocycles. The SMILES string of the molecule is CC(=O)c1c(-c2cccc(Cl)c2)[nH]c(=O)n(Cc2ccccc2)c1=O. The highest BCUT2D eigenvalue weighted by molar-refractivity contribution is 6.30. The molecule has 5 nitrogen and oxygen atoms in total. The monoisotopic (exact) mass is 354 g/mol. The van der Waals surface area contributed by atoms with Crippen molar-refractivity contribution in [3.05, 3.63) is 91.6 Å². The second kappa shape index (κ2) is 6.91. The van der Waals surface area contributed by atoms with Gasteiger partial charge in [-0.2, -0.15) is 0 Å². The minimum absolute atomic E-state index is 0.0576. The summed E-state index contributed by atoms with van der Waals surface area (Å²) >= 11 is 5.98. The molecule has 0 aliphatic rings. The third kappa shape index (κ3) is 3.46. The first-order valence-electron chi connectivity index (χ1n) is 7.65. The van der Waals surface area contributed by atoms with Gasteiger partial charge in [-0.05, 0) is 24.6 Å². The Balaban J connectivity index is 2.22. The summed E-state index contributed by atoms with van der Waals surface area (Å²) in [6.07, 6.45) is 0. The lowest BCUT2D eigenvalue weighted by Gasteiger charge is -2.11. The molecule has 0 atom stereocenters. The maximum atomic E-state index is 12.8. The normalized spacial score (nSPS) is 10.6. The van der Waals surface area contributed by atoms with Crippen LogP contribution in [-0.2, 0) is 6.54 Å². The molecule has 0 bridgehead atoms. The van der Waals surface area contributed by atoms with E-state index in [1.54, 1.807) is 24.3 Å². The Morgan fingerprint density at radius 1 is 1.08 bits per heavy atom. The third-order valence-electron chi connectivity index (χ3n) is 3.83. The van der Waals surface area contributed by atoms with Gasteiger partial charge in [0.1, 0.15) is 5.56 Å². The summed E-state index contributed by atoms with van der Waals surface area (Å²) in [5, 5.41) is 0.446. The van der Waals surface area contributed by atoms with Gasteiger partial charge in [-0.15, -0.1) is 0 Å². The summed E-state index contributed by atoms with van der Waals surface area (Å²) in [5.41, 5.74) is 0.245. The second-order valence-corrected chi connectivity index (χ2v) is 6.06. The fraction of sp³-hybridized carbons (Fsp3) is 0.105. The maximum Gasteiger partial charge on any atom is 0.329 e. The molecule has 0 fully saturated rings. The zero-order valence-corrected chi connectivity index (χ0v) is 14.2. The largest absolute Gasteiger partial charge is 0.329 e. The van der Waals surface area contributed by atoms with Gasteiger partial charge >= 0.3 is 5.69 Å². The van der Waals surface area contributed by atoms with E-state index in [-0.39, 0.29) is 17.8 Å². The van der Waals surface area contributed by atoms with Gasteiger partial charge in [0.15, 0.2) is 5.78 Å². The summed E-state index contributed by atoms with van der Waals surface area (Å²) in [5.74, 6) is -0.418. The number of rotatable bonds is 4. The molecule has 0 amide bonds. The summed E-state index contributed by atoms with van der Waals surface area (Å²) in [6.45, 7) is 1.39. The molecule has 0 saturated carbocycles. The van der Waals surface area contributed by atoms with Crippen molar-refractivity contribution in [1.29, 1.82) is 0 Å². The van der Waals surface area contributed by atoms with Crippen LogP contribution in [0.1, 0.15) is 22.8 Å². The highest BCUT2D eigenvalue weighted by Gasteiger charge is 2.19. The lowest BCUT2D eigenvalue weighted by atomic mass is 10.0. The van der Waals surface area contributed by atoms with Gasteiger partial charge in [0.25, 0.3) is 5.56 Å². The Kier molecular flexibility index (Phi) is 4.67. The quantitative estimate of drug-likeness (QED) is 0.732. The van der Waals surface area contributed by atoms with E-state index in [1.807, 2.05) is 30.3 Å². The number of halogens is 1. The van der Waals surface area contributed by atoms with Crippen LogP contribution in [0.3, 0.4) is 0 Å². The number of aromatic amines is 1. The zero-order chi connectivity index (χ0) is 18.0. The van der Waals surface area contributed by atoms with E-state index in [4.69, 9.17) is 11.6 Å². The van der Waals surface area contributed by atoms with Crippen molar-refractivity contribution in [2.45, 2.75) is 13.5 Å². The van der Waals surface area contributed by atoms with Crippen molar-refractivity contribution in [2.24, 2.45) is 0 Å². The summed E-state index contributed by atoms with van der Waals surface area (Å²) in [6, 6.07) is 15.8. The molecule has 1 aromatic heterocycles. The van der Waals surface area contributed by atoms with E-state index < -0.39 is 17.0 Å². The van der Waals surface area contributed by atoms with Crippen LogP contribution in [0.25, 0.3) is 11.3 Å². The number of hydrogen-bond donors (Lipinski definition) is 1. The topological polar surface area (TPSA) is 71.9 Å². The number of aromatic nitrogens is 2. The molecule has 3 rings (SSSR count). The molecule has 25 heavy (non-hydrogen) atoms. The molecule has 2 aromatic carbocycles. The molecule has 1 N–H and O–H groups in total. The lowest BCUT2D eigenvalue weighted by molar-refractivity contribution is 0.101. The molecule has 0 aliphatic heterocycles. The number of carbonyl (C=O) groups excluding carboxylic acids is 1. The molecular formula is C19H15ClN2O3. The predicted octanol–water partition coefficient (Wildman–Crippen LogP) is 3.11. The van der Waals surface area contributed by atoms with Crippen LogP contribution in [0.5, 0.6) is 0 Å². The van der Waals surface area contributed by atoms with Gasteiger partial charge in [-0.3, -0.25) is 14.2 Å². The first-order valence-corrected chi connectivity index (χ1v) is 8.03. The summed E-state index contributed by atoms with van der Waals surface area (Å²) in [7, 11) is 0. The Hall–Kier alpha value is -2.92. The highest BCUT2D eigenvalue weighted by Crippen LogP contribution is 2.22. The van der Waals surface area contributed by atoms with Crippen molar-refractivity contribution >= 4 is 17.4 Å². The molecule has 126 valence electrons. The summed E-state index contributed by atoms with van der Waals surface area (Å²) in [4.78, 5) is 40.0. The highest BCUT2D eigenvalue weighted by atomic mass is 35.5. The van der Waals surface area contributed by atoms with Gasteiger partial charge in [-0.25, -0.2) is 4.79 Å². The smallest absolute Gasteiger partial charge is 0.306 e. The van der Waals surface area contributed by atoms with Crippen LogP contribution in [-0.4, -0.2) is 15.3 Å². The van der Waals surface area contributed by atoms with Crippen LogP contribution in [0.15, 0.2) is 64.2 Å². The summed E-state index contributed by atoms with van der Waals surface area (Å²) < 4.78 is 1.03. The van der Waals surface area contributed by atoms with Crippen molar-refractivity contribution in [1.82, 2.24) is 9.55 Å². The molecule has 6 heteroatoms. The van der Waals surface area contributed by atoms with Crippen LogP contribution in [0, 0.1) is 0 Å². The molecule has 0 saturated heterocycles. The predicted molar refractivity (Wildman–Crippen MR) is 97.3 cm³/mol. The number of ketones is 1. The molecule has 0 spiro atoms. The Morgan fingerprint density at radius 3 is 2.44 bits per heavy atom. The van der Waals surface area contributed by atoms with Gasteiger partial charge in [0.05, 0.1) is 12.2 Å². The molecule has 3 aromatic rings. The van der Waals surface area contributed by atoms with Crippen LogP contribution in [0.4, 0.5) is 0 Å². The van der Waals surface area contributed by atoms with Crippen LogP contribution >= 0.6 is 11.6 Å². The number of hydrogen-bond acceptors (Lipinski definition) is 3. The number of nitrogens with zero attached hydrogens (tertiary/aromatic N) is 1. The van der Waals surface area contributed by atoms with Gasteiger partial charge < -0.3 is 4.98 Å². The van der Waals surface area contributed by atoms with Crippen molar-refractivity contribution < 1.29 is 4.79 Å². The first-order chi connectivity index (χ1) is 12.0. The maximum absolute atomic E-state index is 12.8. The first kappa shape index (κ1) is 16.9. The van der Waals surface area contributed by atoms with E-state index in [9.17, 15) is 14.4 Å². The van der Waals surface area contributed by atoms with E-state index >= 15 is 0 Å². The third-order valence-corrected chi connectivity index (χ3v) is 4.07. The van der Waals surface area contributed by atoms with Crippen LogP contribution < -0.4 is 11.2 Å². The molecule has 1 heterocycles. The standard InChI is InChI=1S/C19H15ClN2O3/c1-12(23)16-17(14-8-5-9-15(20)10-14)21-19(25)22(18(16)24)11-13-6-3-2-4-7-13/h2-10H,11H2,1H3,(H,21,25). The van der Waals surface area contributed by atoms with Gasteiger partial charge in [0.2, 0.25) is 0 Å². The van der Waals surface area contributed by atoms with Crippen molar-refractivity contribution in [3.8, 4) is 11.3 Å². The lowest BCUT2D eigenvalue weighted by Crippen LogP contribution is -2.39. The van der Waals surface area contributed by atoms with Crippen LogP contribution in [0.2, 0.25) is 5.02 Å². The van der Waals surface area contributed by atoms with Crippen molar-refractivity contribution in [3.63, 3.8) is 0 Å². The van der Waals surface area contributed by atoms with E-state index in [0.29, 0.717) is 10.6 Å². The number of benzene rings is 2. The van der Waals surface area contributed by atoms with Gasteiger partial charge in [0, 0.05) is 10.6 Å². The minimum Gasteiger partial charge on any atom is -0.306 e. The minimum atomic E-state index is -0.616. The van der Waals surface area contributed by atoms with E-state index in [1.165, 1.54) is 6.92 Å². The number of H-pyrrole nitrogens is 1. The Labute approximate surface area is 148 Å². The fourth-order valence-corrected chi connectivity index (χ4v) is 2.86. The number of Topliss-reactive ketones (excluding diaryl/α,β-unsaturated/α-hetero) is 1. The molecule has 0 unspecified atom stereocenters. The van der Waals surface area contributed by atoms with Crippen molar-refractivity contribution in [2.75, 3.05) is 0 Å². The number of nitrogens with one attached hydrogen (secondary N) is 1. The molecule has 0 radical (unpaired) electrons. The number of carbonyl (C=O) groups is 1. The molecular weight excluding hydrogens is 340 g/mol. The second-order valence-electron chi connectivity index (χ2n) is 5.62. The average Bonchev–Trinajstić information content (AvgIpc) is 2.58. The van der Waals surface area contributed by atoms with Gasteiger partial charge in [-0.1, -0.05) is 54.1 Å². The Morgan fingerprint density at radius 2 is 1.80 bits per heavy atom. The van der Waals surface area contributed by atoms with E-state index in [0.717, 1.165) is 10.1 Å². The fourth-order valence-electron chi connectivity index (χ4n) is 2.67. The Bertz CT molecular complexity index is 1050. The zero-order valence-electron chi connectivity index (χ0n) is 13.5. The average molecular weight is 355 g/mol. The van der Waals surface area contributed by atoms with E-state index in [2.05, 4.69) is 4.98 Å².